The lowest BCUT2D eigenvalue weighted by atomic mass is 10.1. The molecule has 3 nitrogen and oxygen atoms in total. The maximum atomic E-state index is 11.4. The van der Waals surface area contributed by atoms with Crippen molar-refractivity contribution in [2.24, 2.45) is 0 Å². The van der Waals surface area contributed by atoms with E-state index in [1.807, 2.05) is 18.5 Å². The van der Waals surface area contributed by atoms with E-state index in [0.29, 0.717) is 6.04 Å². The predicted octanol–water partition coefficient (Wildman–Crippen LogP) is 3.06. The standard InChI is InChI=1S/C12H20N2O/c1-6-7-8(2)14-10(4)12(11(5)15)9(3)13-14/h8H,6-7H2,1-5H3. The Morgan fingerprint density at radius 3 is 2.47 bits per heavy atom. The van der Waals surface area contributed by atoms with E-state index in [4.69, 9.17) is 0 Å². The van der Waals surface area contributed by atoms with Crippen LogP contribution < -0.4 is 0 Å². The molecule has 0 aliphatic heterocycles. The summed E-state index contributed by atoms with van der Waals surface area (Å²) in [6.07, 6.45) is 2.23. The van der Waals surface area contributed by atoms with Gasteiger partial charge in [-0.05, 0) is 34.1 Å². The van der Waals surface area contributed by atoms with Crippen LogP contribution in [0.1, 0.15) is 61.4 Å². The second-order valence-corrected chi connectivity index (χ2v) is 4.18. The van der Waals surface area contributed by atoms with Gasteiger partial charge >= 0.3 is 0 Å². The van der Waals surface area contributed by atoms with Gasteiger partial charge in [-0.15, -0.1) is 0 Å². The van der Waals surface area contributed by atoms with Gasteiger partial charge in [0, 0.05) is 11.7 Å². The molecule has 1 aromatic heterocycles. The van der Waals surface area contributed by atoms with E-state index in [9.17, 15) is 4.79 Å². The molecule has 0 saturated carbocycles. The summed E-state index contributed by atoms with van der Waals surface area (Å²) >= 11 is 0. The van der Waals surface area contributed by atoms with Gasteiger partial charge in [-0.1, -0.05) is 13.3 Å². The zero-order valence-corrected chi connectivity index (χ0v) is 10.3. The summed E-state index contributed by atoms with van der Waals surface area (Å²) in [6, 6.07) is 0.377. The molecule has 1 atom stereocenters. The summed E-state index contributed by atoms with van der Waals surface area (Å²) in [5.41, 5.74) is 2.64. The minimum Gasteiger partial charge on any atom is -0.294 e. The Bertz CT molecular complexity index is 366. The molecule has 1 heterocycles. The number of aryl methyl sites for hydroxylation is 1. The number of carbonyl (C=O) groups is 1. The molecule has 0 amide bonds. The smallest absolute Gasteiger partial charge is 0.163 e. The number of carbonyl (C=O) groups excluding carboxylic acids is 1. The van der Waals surface area contributed by atoms with Crippen LogP contribution in [0.2, 0.25) is 0 Å². The molecule has 0 saturated heterocycles. The van der Waals surface area contributed by atoms with E-state index in [1.165, 1.54) is 0 Å². The molecule has 1 aromatic rings. The van der Waals surface area contributed by atoms with Gasteiger partial charge in [-0.3, -0.25) is 9.48 Å². The van der Waals surface area contributed by atoms with Crippen molar-refractivity contribution in [3.8, 4) is 0 Å². The van der Waals surface area contributed by atoms with Crippen LogP contribution in [0.4, 0.5) is 0 Å². The van der Waals surface area contributed by atoms with Gasteiger partial charge < -0.3 is 0 Å². The Hall–Kier alpha value is -1.12. The van der Waals surface area contributed by atoms with Gasteiger partial charge in [-0.25, -0.2) is 0 Å². The molecule has 1 unspecified atom stereocenters. The summed E-state index contributed by atoms with van der Waals surface area (Å²) in [7, 11) is 0. The summed E-state index contributed by atoms with van der Waals surface area (Å²) in [5.74, 6) is 0.111. The number of hydrogen-bond acceptors (Lipinski definition) is 2. The number of Topliss-reactive ketones (excluding diaryl/α,β-unsaturated/α-hetero) is 1. The molecule has 0 aliphatic carbocycles. The lowest BCUT2D eigenvalue weighted by Crippen LogP contribution is -2.09. The molecular formula is C12H20N2O. The number of aromatic nitrogens is 2. The molecular weight excluding hydrogens is 188 g/mol. The quantitative estimate of drug-likeness (QED) is 0.713. The van der Waals surface area contributed by atoms with Crippen LogP contribution in [0.25, 0.3) is 0 Å². The average molecular weight is 208 g/mol. The van der Waals surface area contributed by atoms with Crippen molar-refractivity contribution in [1.29, 1.82) is 0 Å². The fourth-order valence-corrected chi connectivity index (χ4v) is 2.14. The molecule has 1 rings (SSSR count). The van der Waals surface area contributed by atoms with Crippen LogP contribution in [0.3, 0.4) is 0 Å². The molecule has 0 bridgehead atoms. The van der Waals surface area contributed by atoms with E-state index >= 15 is 0 Å². The third-order valence-electron chi connectivity index (χ3n) is 2.80. The van der Waals surface area contributed by atoms with Gasteiger partial charge in [0.25, 0.3) is 0 Å². The first kappa shape index (κ1) is 12.0. The summed E-state index contributed by atoms with van der Waals surface area (Å²) in [6.45, 7) is 9.79. The van der Waals surface area contributed by atoms with Crippen molar-refractivity contribution in [3.05, 3.63) is 17.0 Å². The molecule has 84 valence electrons. The van der Waals surface area contributed by atoms with E-state index < -0.39 is 0 Å². The van der Waals surface area contributed by atoms with Crippen molar-refractivity contribution in [2.75, 3.05) is 0 Å². The second-order valence-electron chi connectivity index (χ2n) is 4.18. The molecule has 0 radical (unpaired) electrons. The zero-order valence-electron chi connectivity index (χ0n) is 10.3. The van der Waals surface area contributed by atoms with Crippen molar-refractivity contribution in [2.45, 2.75) is 53.5 Å². The first-order chi connectivity index (χ1) is 6.99. The minimum absolute atomic E-state index is 0.111. The highest BCUT2D eigenvalue weighted by atomic mass is 16.1. The minimum atomic E-state index is 0.111. The van der Waals surface area contributed by atoms with Gasteiger partial charge in [0.05, 0.1) is 11.3 Å². The van der Waals surface area contributed by atoms with E-state index in [-0.39, 0.29) is 5.78 Å². The average Bonchev–Trinajstić information content (AvgIpc) is 2.42. The fourth-order valence-electron chi connectivity index (χ4n) is 2.14. The second kappa shape index (κ2) is 4.60. The predicted molar refractivity (Wildman–Crippen MR) is 61.3 cm³/mol. The first-order valence-electron chi connectivity index (χ1n) is 5.55. The number of hydrogen-bond donors (Lipinski definition) is 0. The summed E-state index contributed by atoms with van der Waals surface area (Å²) in [5, 5.41) is 4.45. The van der Waals surface area contributed by atoms with Crippen LogP contribution in [-0.4, -0.2) is 15.6 Å². The Morgan fingerprint density at radius 1 is 1.47 bits per heavy atom. The molecule has 0 aliphatic rings. The van der Waals surface area contributed by atoms with Gasteiger partial charge in [0.2, 0.25) is 0 Å². The number of ketones is 1. The highest BCUT2D eigenvalue weighted by Crippen LogP contribution is 2.20. The fraction of sp³-hybridized carbons (Fsp3) is 0.667. The largest absolute Gasteiger partial charge is 0.294 e. The van der Waals surface area contributed by atoms with Crippen LogP contribution in [0.5, 0.6) is 0 Å². The molecule has 0 fully saturated rings. The van der Waals surface area contributed by atoms with E-state index in [1.54, 1.807) is 6.92 Å². The highest BCUT2D eigenvalue weighted by molar-refractivity contribution is 5.96. The SMILES string of the molecule is CCCC(C)n1nc(C)c(C(C)=O)c1C. The third-order valence-corrected chi connectivity index (χ3v) is 2.80. The Balaban J connectivity index is 3.11. The van der Waals surface area contributed by atoms with Crippen LogP contribution in [-0.2, 0) is 0 Å². The maximum Gasteiger partial charge on any atom is 0.163 e. The van der Waals surface area contributed by atoms with Crippen LogP contribution in [0.15, 0.2) is 0 Å². The van der Waals surface area contributed by atoms with Gasteiger partial charge in [0.15, 0.2) is 5.78 Å². The normalized spacial score (nSPS) is 12.9. The van der Waals surface area contributed by atoms with Crippen molar-refractivity contribution < 1.29 is 4.79 Å². The number of rotatable bonds is 4. The first-order valence-corrected chi connectivity index (χ1v) is 5.55. The highest BCUT2D eigenvalue weighted by Gasteiger charge is 2.17. The number of nitrogens with zero attached hydrogens (tertiary/aromatic N) is 2. The maximum absolute atomic E-state index is 11.4. The monoisotopic (exact) mass is 208 g/mol. The Morgan fingerprint density at radius 2 is 2.07 bits per heavy atom. The topological polar surface area (TPSA) is 34.9 Å². The third kappa shape index (κ3) is 2.28. The van der Waals surface area contributed by atoms with Gasteiger partial charge in [0.1, 0.15) is 0 Å². The zero-order chi connectivity index (χ0) is 11.6. The van der Waals surface area contributed by atoms with E-state index in [0.717, 1.165) is 29.8 Å². The van der Waals surface area contributed by atoms with Crippen molar-refractivity contribution in [3.63, 3.8) is 0 Å². The van der Waals surface area contributed by atoms with Crippen LogP contribution in [0, 0.1) is 13.8 Å². The molecule has 0 aromatic carbocycles. The van der Waals surface area contributed by atoms with E-state index in [2.05, 4.69) is 18.9 Å². The van der Waals surface area contributed by atoms with Gasteiger partial charge in [-0.2, -0.15) is 5.10 Å². The summed E-state index contributed by atoms with van der Waals surface area (Å²) < 4.78 is 1.98. The molecule has 0 N–H and O–H groups in total. The molecule has 3 heteroatoms. The Kier molecular flexibility index (Phi) is 3.66. The summed E-state index contributed by atoms with van der Waals surface area (Å²) in [4.78, 5) is 11.4. The van der Waals surface area contributed by atoms with Crippen molar-refractivity contribution in [1.82, 2.24) is 9.78 Å². The lowest BCUT2D eigenvalue weighted by molar-refractivity contribution is 0.101. The van der Waals surface area contributed by atoms with Crippen LogP contribution >= 0.6 is 0 Å². The Labute approximate surface area is 91.5 Å². The molecule has 15 heavy (non-hydrogen) atoms. The molecule has 0 spiro atoms. The van der Waals surface area contributed by atoms with Crippen molar-refractivity contribution >= 4 is 5.78 Å². The lowest BCUT2D eigenvalue weighted by Gasteiger charge is -2.13.